The van der Waals surface area contributed by atoms with Crippen LogP contribution in [0.25, 0.3) is 10.2 Å². The van der Waals surface area contributed by atoms with Gasteiger partial charge in [-0.3, -0.25) is 14.5 Å². The highest BCUT2D eigenvalue weighted by Crippen LogP contribution is 2.29. The number of hydrogen-bond donors (Lipinski definition) is 1. The predicted molar refractivity (Wildman–Crippen MR) is 105 cm³/mol. The van der Waals surface area contributed by atoms with Gasteiger partial charge in [0.2, 0.25) is 0 Å². The zero-order valence-electron chi connectivity index (χ0n) is 15.2. The van der Waals surface area contributed by atoms with Gasteiger partial charge in [-0.1, -0.05) is 35.6 Å². The molecule has 3 rings (SSSR count). The highest BCUT2D eigenvalue weighted by molar-refractivity contribution is 7.22. The van der Waals surface area contributed by atoms with E-state index in [0.29, 0.717) is 22.8 Å². The number of carbonyl (C=O) groups excluding carboxylic acids is 2. The number of para-hydroxylation sites is 1. The molecule has 0 atom stereocenters. The second kappa shape index (κ2) is 7.76. The zero-order chi connectivity index (χ0) is 18.7. The Labute approximate surface area is 156 Å². The second-order valence-corrected chi connectivity index (χ2v) is 7.52. The van der Waals surface area contributed by atoms with Crippen molar-refractivity contribution < 1.29 is 14.5 Å². The number of anilines is 1. The smallest absolute Gasteiger partial charge is 0.260 e. The summed E-state index contributed by atoms with van der Waals surface area (Å²) in [4.78, 5) is 32.2. The van der Waals surface area contributed by atoms with Crippen LogP contribution in [0.4, 0.5) is 5.13 Å². The van der Waals surface area contributed by atoms with Crippen molar-refractivity contribution in [1.29, 1.82) is 0 Å². The molecule has 1 N–H and O–H groups in total. The van der Waals surface area contributed by atoms with Crippen molar-refractivity contribution in [3.8, 4) is 0 Å². The van der Waals surface area contributed by atoms with Gasteiger partial charge in [0.05, 0.1) is 37.4 Å². The molecule has 1 amide bonds. The molecular weight excluding hydrogens is 346 g/mol. The van der Waals surface area contributed by atoms with Crippen LogP contribution >= 0.6 is 11.3 Å². The molecule has 0 aliphatic carbocycles. The number of ketones is 1. The Bertz CT molecular complexity index is 899. The number of carbonyl (C=O) groups is 2. The zero-order valence-corrected chi connectivity index (χ0v) is 16.0. The molecule has 5 nitrogen and oxygen atoms in total. The monoisotopic (exact) mass is 368 g/mol. The lowest BCUT2D eigenvalue weighted by Gasteiger charge is -2.20. The quantitative estimate of drug-likeness (QED) is 0.679. The molecule has 0 saturated heterocycles. The lowest BCUT2D eigenvalue weighted by Crippen LogP contribution is -3.06. The molecule has 0 radical (unpaired) electrons. The third-order valence-corrected chi connectivity index (χ3v) is 5.19. The molecule has 0 bridgehead atoms. The third kappa shape index (κ3) is 3.98. The van der Waals surface area contributed by atoms with Gasteiger partial charge >= 0.3 is 0 Å². The molecule has 0 aliphatic heterocycles. The standard InChI is InChI=1S/C20H21N3O2S/c1-14(24)15-8-10-16(11-9-15)19(25)23(13-12-22(2)3)20-21-17-6-4-5-7-18(17)26-20/h4-11H,12-13H2,1-3H3/p+1. The number of nitrogens with zero attached hydrogens (tertiary/aromatic N) is 2. The largest absolute Gasteiger partial charge is 0.338 e. The second-order valence-electron chi connectivity index (χ2n) is 6.51. The van der Waals surface area contributed by atoms with Crippen molar-refractivity contribution in [2.75, 3.05) is 32.1 Å². The van der Waals surface area contributed by atoms with Gasteiger partial charge < -0.3 is 4.90 Å². The topological polar surface area (TPSA) is 54.7 Å². The van der Waals surface area contributed by atoms with Crippen molar-refractivity contribution in [3.05, 3.63) is 59.7 Å². The number of nitrogens with one attached hydrogen (secondary N) is 1. The molecule has 0 spiro atoms. The van der Waals surface area contributed by atoms with Crippen molar-refractivity contribution >= 4 is 38.4 Å². The maximum Gasteiger partial charge on any atom is 0.260 e. The molecule has 0 saturated carbocycles. The van der Waals surface area contributed by atoms with Crippen molar-refractivity contribution in [3.63, 3.8) is 0 Å². The number of fused-ring (bicyclic) bond motifs is 1. The summed E-state index contributed by atoms with van der Waals surface area (Å²) in [6.07, 6.45) is 0. The summed E-state index contributed by atoms with van der Waals surface area (Å²) in [6, 6.07) is 14.7. The number of hydrogen-bond acceptors (Lipinski definition) is 4. The first kappa shape index (κ1) is 18.2. The van der Waals surface area contributed by atoms with E-state index in [1.54, 1.807) is 29.2 Å². The van der Waals surface area contributed by atoms with Gasteiger partial charge in [0.15, 0.2) is 10.9 Å². The first-order valence-electron chi connectivity index (χ1n) is 8.53. The van der Waals surface area contributed by atoms with Gasteiger partial charge in [0, 0.05) is 11.1 Å². The van der Waals surface area contributed by atoms with E-state index in [1.807, 2.05) is 24.3 Å². The summed E-state index contributed by atoms with van der Waals surface area (Å²) in [6.45, 7) is 2.91. The number of aromatic nitrogens is 1. The van der Waals surface area contributed by atoms with Gasteiger partial charge in [0.25, 0.3) is 5.91 Å². The van der Waals surface area contributed by atoms with E-state index in [9.17, 15) is 9.59 Å². The summed E-state index contributed by atoms with van der Waals surface area (Å²) < 4.78 is 1.06. The molecule has 2 aromatic carbocycles. The van der Waals surface area contributed by atoms with Crippen molar-refractivity contribution in [2.24, 2.45) is 0 Å². The lowest BCUT2D eigenvalue weighted by atomic mass is 10.1. The minimum atomic E-state index is -0.0968. The molecule has 1 heterocycles. The molecule has 0 aliphatic rings. The van der Waals surface area contributed by atoms with E-state index in [-0.39, 0.29) is 11.7 Å². The summed E-state index contributed by atoms with van der Waals surface area (Å²) in [5, 5.41) is 0.702. The van der Waals surface area contributed by atoms with Gasteiger partial charge in [0.1, 0.15) is 0 Å². The third-order valence-electron chi connectivity index (χ3n) is 4.13. The molecule has 1 aromatic heterocycles. The van der Waals surface area contributed by atoms with E-state index in [4.69, 9.17) is 0 Å². The molecule has 0 unspecified atom stereocenters. The maximum atomic E-state index is 13.1. The highest BCUT2D eigenvalue weighted by atomic mass is 32.1. The van der Waals surface area contributed by atoms with Crippen LogP contribution in [-0.2, 0) is 0 Å². The van der Waals surface area contributed by atoms with E-state index in [2.05, 4.69) is 19.1 Å². The van der Waals surface area contributed by atoms with E-state index >= 15 is 0 Å². The molecule has 6 heteroatoms. The Hall–Kier alpha value is -2.57. The van der Waals surface area contributed by atoms with Crippen LogP contribution in [-0.4, -0.2) is 43.9 Å². The van der Waals surface area contributed by atoms with Crippen LogP contribution < -0.4 is 9.80 Å². The fraction of sp³-hybridized carbons (Fsp3) is 0.250. The molecule has 3 aromatic rings. The van der Waals surface area contributed by atoms with E-state index in [0.717, 1.165) is 16.8 Å². The number of quaternary nitrogens is 1. The van der Waals surface area contributed by atoms with Crippen LogP contribution in [0.2, 0.25) is 0 Å². The first-order chi connectivity index (χ1) is 12.5. The van der Waals surface area contributed by atoms with Crippen LogP contribution in [0.15, 0.2) is 48.5 Å². The summed E-state index contributed by atoms with van der Waals surface area (Å²) in [5.74, 6) is -0.108. The minimum absolute atomic E-state index is 0.0109. The molecule has 0 fully saturated rings. The Morgan fingerprint density at radius 2 is 1.69 bits per heavy atom. The number of Topliss-reactive ketones (excluding diaryl/α,β-unsaturated/α-hetero) is 1. The van der Waals surface area contributed by atoms with Gasteiger partial charge in [-0.25, -0.2) is 4.98 Å². The van der Waals surface area contributed by atoms with Gasteiger partial charge in [-0.2, -0.15) is 0 Å². The van der Waals surface area contributed by atoms with Gasteiger partial charge in [-0.15, -0.1) is 0 Å². The van der Waals surface area contributed by atoms with Crippen LogP contribution in [0.3, 0.4) is 0 Å². The SMILES string of the molecule is CC(=O)c1ccc(C(=O)N(CC[NH+](C)C)c2nc3ccccc3s2)cc1. The molecule has 134 valence electrons. The number of likely N-dealkylation sites (N-methyl/N-ethyl adjacent to an activating group) is 1. The van der Waals surface area contributed by atoms with Crippen molar-refractivity contribution in [2.45, 2.75) is 6.92 Å². The van der Waals surface area contributed by atoms with E-state index in [1.165, 1.54) is 23.2 Å². The van der Waals surface area contributed by atoms with Gasteiger partial charge in [-0.05, 0) is 31.2 Å². The Morgan fingerprint density at radius 1 is 1.04 bits per heavy atom. The number of benzene rings is 2. The average Bonchev–Trinajstić information content (AvgIpc) is 3.05. The Kier molecular flexibility index (Phi) is 5.44. The summed E-state index contributed by atoms with van der Waals surface area (Å²) in [5.41, 5.74) is 2.06. The van der Waals surface area contributed by atoms with E-state index < -0.39 is 0 Å². The fourth-order valence-corrected chi connectivity index (χ4v) is 3.59. The molecular formula is C20H22N3O2S+. The summed E-state index contributed by atoms with van der Waals surface area (Å²) >= 11 is 1.52. The number of thiazole rings is 1. The maximum absolute atomic E-state index is 13.1. The number of amides is 1. The normalized spacial score (nSPS) is 11.1. The minimum Gasteiger partial charge on any atom is -0.338 e. The Morgan fingerprint density at radius 3 is 2.31 bits per heavy atom. The predicted octanol–water partition coefficient (Wildman–Crippen LogP) is 2.29. The average molecular weight is 368 g/mol. The van der Waals surface area contributed by atoms with Crippen LogP contribution in [0.5, 0.6) is 0 Å². The van der Waals surface area contributed by atoms with Crippen molar-refractivity contribution in [1.82, 2.24) is 4.98 Å². The summed E-state index contributed by atoms with van der Waals surface area (Å²) in [7, 11) is 4.12. The highest BCUT2D eigenvalue weighted by Gasteiger charge is 2.22. The first-order valence-corrected chi connectivity index (χ1v) is 9.35. The Balaban J connectivity index is 1.94. The lowest BCUT2D eigenvalue weighted by molar-refractivity contribution is -0.856. The molecule has 26 heavy (non-hydrogen) atoms. The fourth-order valence-electron chi connectivity index (χ4n) is 2.60. The van der Waals surface area contributed by atoms with Crippen LogP contribution in [0.1, 0.15) is 27.6 Å². The number of rotatable bonds is 6. The van der Waals surface area contributed by atoms with Crippen LogP contribution in [0, 0.1) is 0 Å².